The summed E-state index contributed by atoms with van der Waals surface area (Å²) in [4.78, 5) is 0. The van der Waals surface area contributed by atoms with E-state index >= 15 is 0 Å². The number of alkyl halides is 1. The molecule has 2 nitrogen and oxygen atoms in total. The lowest BCUT2D eigenvalue weighted by molar-refractivity contribution is 0.304. The van der Waals surface area contributed by atoms with Gasteiger partial charge in [-0.2, -0.15) is 5.26 Å². The van der Waals surface area contributed by atoms with E-state index in [1.807, 2.05) is 42.5 Å². The third-order valence-corrected chi connectivity index (χ3v) is 3.17. The number of hydrogen-bond acceptors (Lipinski definition) is 2. The number of halogens is 1. The molecule has 0 aliphatic rings. The lowest BCUT2D eigenvalue weighted by Gasteiger charge is -2.09. The molecule has 18 heavy (non-hydrogen) atoms. The Hall–Kier alpha value is -1.79. The molecule has 0 unspecified atom stereocenters. The highest BCUT2D eigenvalue weighted by molar-refractivity contribution is 9.08. The second-order valence-corrected chi connectivity index (χ2v) is 4.40. The first-order valence-corrected chi connectivity index (χ1v) is 6.71. The van der Waals surface area contributed by atoms with Crippen molar-refractivity contribution in [1.82, 2.24) is 0 Å². The number of ether oxygens (including phenoxy) is 1. The van der Waals surface area contributed by atoms with Crippen LogP contribution in [0.4, 0.5) is 0 Å². The van der Waals surface area contributed by atoms with Gasteiger partial charge in [-0.3, -0.25) is 0 Å². The van der Waals surface area contributed by atoms with Gasteiger partial charge < -0.3 is 4.74 Å². The Morgan fingerprint density at radius 1 is 1.11 bits per heavy atom. The summed E-state index contributed by atoms with van der Waals surface area (Å²) >= 11 is 3.43. The predicted molar refractivity (Wildman–Crippen MR) is 74.6 cm³/mol. The number of rotatable bonds is 4. The molecule has 2 aromatic carbocycles. The van der Waals surface area contributed by atoms with Gasteiger partial charge in [0.1, 0.15) is 12.4 Å². The fourth-order valence-electron chi connectivity index (χ4n) is 1.65. The first kappa shape index (κ1) is 12.7. The van der Waals surface area contributed by atoms with E-state index in [-0.39, 0.29) is 0 Å². The zero-order valence-electron chi connectivity index (χ0n) is 9.77. The average molecular weight is 302 g/mol. The van der Waals surface area contributed by atoms with E-state index in [9.17, 15) is 0 Å². The fourth-order valence-corrected chi connectivity index (χ4v) is 2.11. The minimum Gasteiger partial charge on any atom is -0.489 e. The standard InChI is InChI=1S/C15H12BrNO/c16-9-14-6-1-2-7-15(14)18-11-13-5-3-4-12(8-13)10-17/h1-8H,9,11H2. The zero-order valence-corrected chi connectivity index (χ0v) is 11.4. The molecule has 0 saturated carbocycles. The van der Waals surface area contributed by atoms with Crippen LogP contribution in [0.25, 0.3) is 0 Å². The van der Waals surface area contributed by atoms with Crippen molar-refractivity contribution in [2.45, 2.75) is 11.9 Å². The molecule has 0 aliphatic heterocycles. The first-order chi connectivity index (χ1) is 8.83. The lowest BCUT2D eigenvalue weighted by atomic mass is 10.1. The summed E-state index contributed by atoms with van der Waals surface area (Å²) in [6.45, 7) is 0.472. The molecule has 0 aromatic heterocycles. The monoisotopic (exact) mass is 301 g/mol. The molecule has 0 radical (unpaired) electrons. The van der Waals surface area contributed by atoms with Crippen molar-refractivity contribution in [3.63, 3.8) is 0 Å². The Bertz CT molecular complexity index is 575. The largest absolute Gasteiger partial charge is 0.489 e. The predicted octanol–water partition coefficient (Wildman–Crippen LogP) is 4.03. The summed E-state index contributed by atoms with van der Waals surface area (Å²) in [5.74, 6) is 0.872. The Morgan fingerprint density at radius 3 is 2.72 bits per heavy atom. The molecular weight excluding hydrogens is 290 g/mol. The molecule has 2 aromatic rings. The van der Waals surface area contributed by atoms with Crippen LogP contribution in [0.2, 0.25) is 0 Å². The fraction of sp³-hybridized carbons (Fsp3) is 0.133. The number of nitriles is 1. The Kier molecular flexibility index (Phi) is 4.38. The molecule has 0 fully saturated rings. The Balaban J connectivity index is 2.09. The maximum absolute atomic E-state index is 8.83. The minimum absolute atomic E-state index is 0.472. The first-order valence-electron chi connectivity index (χ1n) is 5.59. The molecule has 0 bridgehead atoms. The molecular formula is C15H12BrNO. The van der Waals surface area contributed by atoms with E-state index in [0.717, 1.165) is 22.2 Å². The summed E-state index contributed by atoms with van der Waals surface area (Å²) in [5, 5.41) is 9.60. The lowest BCUT2D eigenvalue weighted by Crippen LogP contribution is -1.98. The van der Waals surface area contributed by atoms with Crippen LogP contribution >= 0.6 is 15.9 Å². The van der Waals surface area contributed by atoms with Gasteiger partial charge in [0.05, 0.1) is 11.6 Å². The summed E-state index contributed by atoms with van der Waals surface area (Å²) in [6.07, 6.45) is 0. The molecule has 0 saturated heterocycles. The van der Waals surface area contributed by atoms with E-state index in [2.05, 4.69) is 22.0 Å². The van der Waals surface area contributed by atoms with Crippen LogP contribution in [0.3, 0.4) is 0 Å². The molecule has 0 spiro atoms. The van der Waals surface area contributed by atoms with Crippen molar-refractivity contribution in [1.29, 1.82) is 5.26 Å². The van der Waals surface area contributed by atoms with E-state index < -0.39 is 0 Å². The molecule has 0 amide bonds. The third-order valence-electron chi connectivity index (χ3n) is 2.57. The van der Waals surface area contributed by atoms with Crippen LogP contribution in [-0.4, -0.2) is 0 Å². The van der Waals surface area contributed by atoms with Crippen LogP contribution in [0.5, 0.6) is 5.75 Å². The van der Waals surface area contributed by atoms with Crippen LogP contribution in [-0.2, 0) is 11.9 Å². The second-order valence-electron chi connectivity index (χ2n) is 3.84. The number of para-hydroxylation sites is 1. The van der Waals surface area contributed by atoms with Crippen molar-refractivity contribution < 1.29 is 4.74 Å². The summed E-state index contributed by atoms with van der Waals surface area (Å²) < 4.78 is 5.77. The van der Waals surface area contributed by atoms with Crippen LogP contribution in [0, 0.1) is 11.3 Å². The van der Waals surface area contributed by atoms with Crippen LogP contribution < -0.4 is 4.74 Å². The van der Waals surface area contributed by atoms with E-state index in [4.69, 9.17) is 10.00 Å². The van der Waals surface area contributed by atoms with Gasteiger partial charge in [0.25, 0.3) is 0 Å². The molecule has 2 rings (SSSR count). The van der Waals surface area contributed by atoms with E-state index in [1.54, 1.807) is 6.07 Å². The maximum atomic E-state index is 8.83. The van der Waals surface area contributed by atoms with Gasteiger partial charge in [-0.1, -0.05) is 46.3 Å². The minimum atomic E-state index is 0.472. The molecule has 3 heteroatoms. The Morgan fingerprint density at radius 2 is 1.94 bits per heavy atom. The summed E-state index contributed by atoms with van der Waals surface area (Å²) in [7, 11) is 0. The van der Waals surface area contributed by atoms with E-state index in [1.165, 1.54) is 0 Å². The van der Waals surface area contributed by atoms with Gasteiger partial charge in [0, 0.05) is 10.9 Å². The van der Waals surface area contributed by atoms with Gasteiger partial charge >= 0.3 is 0 Å². The number of benzene rings is 2. The zero-order chi connectivity index (χ0) is 12.8. The van der Waals surface area contributed by atoms with Crippen molar-refractivity contribution >= 4 is 15.9 Å². The quantitative estimate of drug-likeness (QED) is 0.799. The smallest absolute Gasteiger partial charge is 0.123 e. The normalized spacial score (nSPS) is 9.78. The highest BCUT2D eigenvalue weighted by Crippen LogP contribution is 2.21. The van der Waals surface area contributed by atoms with Crippen molar-refractivity contribution in [3.8, 4) is 11.8 Å². The van der Waals surface area contributed by atoms with Crippen LogP contribution in [0.15, 0.2) is 48.5 Å². The highest BCUT2D eigenvalue weighted by Gasteiger charge is 2.02. The number of nitrogens with zero attached hydrogens (tertiary/aromatic N) is 1. The molecule has 0 atom stereocenters. The highest BCUT2D eigenvalue weighted by atomic mass is 79.9. The topological polar surface area (TPSA) is 33.0 Å². The van der Waals surface area contributed by atoms with Crippen LogP contribution in [0.1, 0.15) is 16.7 Å². The summed E-state index contributed by atoms with van der Waals surface area (Å²) in [6, 6.07) is 17.5. The van der Waals surface area contributed by atoms with Gasteiger partial charge in [-0.25, -0.2) is 0 Å². The van der Waals surface area contributed by atoms with Gasteiger partial charge in [-0.15, -0.1) is 0 Å². The molecule has 90 valence electrons. The number of hydrogen-bond donors (Lipinski definition) is 0. The molecule has 0 aliphatic carbocycles. The Labute approximate surface area is 115 Å². The SMILES string of the molecule is N#Cc1cccc(COc2ccccc2CBr)c1. The second kappa shape index (κ2) is 6.23. The summed E-state index contributed by atoms with van der Waals surface area (Å²) in [5.41, 5.74) is 2.78. The molecule has 0 heterocycles. The van der Waals surface area contributed by atoms with Gasteiger partial charge in [-0.05, 0) is 23.8 Å². The van der Waals surface area contributed by atoms with Crippen molar-refractivity contribution in [3.05, 3.63) is 65.2 Å². The van der Waals surface area contributed by atoms with Crippen molar-refractivity contribution in [2.75, 3.05) is 0 Å². The molecule has 0 N–H and O–H groups in total. The third kappa shape index (κ3) is 3.12. The maximum Gasteiger partial charge on any atom is 0.123 e. The van der Waals surface area contributed by atoms with Gasteiger partial charge in [0.15, 0.2) is 0 Å². The average Bonchev–Trinajstić information content (AvgIpc) is 2.45. The van der Waals surface area contributed by atoms with E-state index in [0.29, 0.717) is 12.2 Å². The van der Waals surface area contributed by atoms with Crippen molar-refractivity contribution in [2.24, 2.45) is 0 Å². The van der Waals surface area contributed by atoms with Gasteiger partial charge in [0.2, 0.25) is 0 Å².